The van der Waals surface area contributed by atoms with Crippen molar-refractivity contribution in [1.82, 2.24) is 24.6 Å². The number of ether oxygens (including phenoxy) is 1. The number of carbonyl (C=O) groups is 1. The predicted molar refractivity (Wildman–Crippen MR) is 157 cm³/mol. The maximum Gasteiger partial charge on any atom is 0.335 e. The number of hydrogen-bond donors (Lipinski definition) is 2. The molecule has 1 amide bonds. The van der Waals surface area contributed by atoms with Gasteiger partial charge in [-0.15, -0.1) is 0 Å². The smallest absolute Gasteiger partial charge is 0.335 e. The van der Waals surface area contributed by atoms with Crippen molar-refractivity contribution in [3.8, 4) is 0 Å². The maximum atomic E-state index is 12.8. The molecule has 2 aromatic rings. The Hall–Kier alpha value is -1.99. The van der Waals surface area contributed by atoms with E-state index < -0.39 is 46.7 Å². The van der Waals surface area contributed by atoms with Gasteiger partial charge in [-0.1, -0.05) is 55.4 Å². The average molecular weight is 609 g/mol. The monoisotopic (exact) mass is 608 g/mol. The molecule has 0 unspecified atom stereocenters. The van der Waals surface area contributed by atoms with E-state index in [-0.39, 0.29) is 51.8 Å². The normalized spacial score (nSPS) is 29.8. The van der Waals surface area contributed by atoms with Gasteiger partial charge in [0.15, 0.2) is 23.5 Å². The van der Waals surface area contributed by atoms with E-state index >= 15 is 0 Å². The standard InChI is InChI=1S/C26H44N6O7Si2/c1-14(2)40(15(3)4)35-12-26-11-31(10)37-20(21(26)38-41(39-40,16(5)6)17(7)8)24(36-26)32-13-27-19-22(32)29-25(28-18(9)33)30-23(19)34/h13-17,20-21,24H,11-12H2,1-10H3,(H2,28,29,30,33,34)/t20-,21+,24-,26-/m1/s1. The summed E-state index contributed by atoms with van der Waals surface area (Å²) in [5.74, 6) is -0.324. The first kappa shape index (κ1) is 30.5. The van der Waals surface area contributed by atoms with Crippen LogP contribution in [-0.4, -0.2) is 85.6 Å². The summed E-state index contributed by atoms with van der Waals surface area (Å²) in [5, 5.41) is 4.33. The highest BCUT2D eigenvalue weighted by Crippen LogP contribution is 2.53. The molecule has 41 heavy (non-hydrogen) atoms. The van der Waals surface area contributed by atoms with Gasteiger partial charge in [0.25, 0.3) is 5.56 Å². The molecule has 228 valence electrons. The molecule has 4 atom stereocenters. The number of imidazole rings is 1. The number of fused-ring (bicyclic) bond motifs is 1. The van der Waals surface area contributed by atoms with Gasteiger partial charge in [0.05, 0.1) is 19.5 Å². The van der Waals surface area contributed by atoms with Crippen molar-refractivity contribution in [3.63, 3.8) is 0 Å². The van der Waals surface area contributed by atoms with E-state index in [0.29, 0.717) is 6.54 Å². The summed E-state index contributed by atoms with van der Waals surface area (Å²) >= 11 is 0. The molecule has 5 rings (SSSR count). The molecule has 2 bridgehead atoms. The third-order valence-corrected chi connectivity index (χ3v) is 18.8. The van der Waals surface area contributed by atoms with Crippen LogP contribution in [0.5, 0.6) is 0 Å². The summed E-state index contributed by atoms with van der Waals surface area (Å²) in [6.07, 6.45) is -0.296. The second-order valence-corrected chi connectivity index (χ2v) is 21.7. The van der Waals surface area contributed by atoms with Crippen LogP contribution < -0.4 is 10.9 Å². The number of hydroxylamine groups is 2. The van der Waals surface area contributed by atoms with Gasteiger partial charge in [-0.2, -0.15) is 10.0 Å². The minimum atomic E-state index is -2.95. The fourth-order valence-corrected chi connectivity index (χ4v) is 18.0. The van der Waals surface area contributed by atoms with Crippen molar-refractivity contribution in [2.75, 3.05) is 25.5 Å². The van der Waals surface area contributed by atoms with Gasteiger partial charge in [0.1, 0.15) is 11.7 Å². The number of nitrogens with one attached hydrogen (secondary N) is 2. The molecule has 3 aliphatic heterocycles. The molecule has 3 fully saturated rings. The van der Waals surface area contributed by atoms with Gasteiger partial charge >= 0.3 is 17.1 Å². The SMILES string of the molecule is CC(=O)Nc1nc2c(ncn2[C@@H]2O[C@]34CO[Si](C(C)C)(C(C)C)O[Si](C(C)C)(C(C)C)O[C@H]3[C@H]2ON(C)C4)c(=O)[nH]1. The molecule has 0 aliphatic carbocycles. The molecule has 0 spiro atoms. The second-order valence-electron chi connectivity index (χ2n) is 12.8. The van der Waals surface area contributed by atoms with Crippen molar-refractivity contribution < 1.29 is 27.3 Å². The van der Waals surface area contributed by atoms with Crippen molar-refractivity contribution in [2.45, 2.75) is 109 Å². The van der Waals surface area contributed by atoms with Crippen molar-refractivity contribution in [3.05, 3.63) is 16.7 Å². The highest BCUT2D eigenvalue weighted by atomic mass is 28.5. The van der Waals surface area contributed by atoms with E-state index in [1.54, 1.807) is 9.63 Å². The first-order chi connectivity index (χ1) is 19.2. The lowest BCUT2D eigenvalue weighted by Gasteiger charge is -2.55. The second kappa shape index (κ2) is 10.6. The van der Waals surface area contributed by atoms with Crippen LogP contribution in [0.2, 0.25) is 22.2 Å². The molecule has 15 heteroatoms. The number of aromatic nitrogens is 4. The number of anilines is 1. The Bertz CT molecular complexity index is 1350. The highest BCUT2D eigenvalue weighted by molar-refractivity contribution is 6.84. The van der Waals surface area contributed by atoms with Crippen LogP contribution in [0.25, 0.3) is 11.2 Å². The molecular formula is C26H44N6O7Si2. The molecule has 3 aliphatic rings. The zero-order valence-corrected chi connectivity index (χ0v) is 27.7. The summed E-state index contributed by atoms with van der Waals surface area (Å²) in [5.41, 5.74) is -0.281. The Morgan fingerprint density at radius 1 is 1.10 bits per heavy atom. The fraction of sp³-hybridized carbons (Fsp3) is 0.769. The van der Waals surface area contributed by atoms with Crippen molar-refractivity contribution in [2.24, 2.45) is 0 Å². The van der Waals surface area contributed by atoms with Crippen LogP contribution in [-0.2, 0) is 27.3 Å². The van der Waals surface area contributed by atoms with E-state index in [9.17, 15) is 9.59 Å². The Morgan fingerprint density at radius 3 is 2.32 bits per heavy atom. The Morgan fingerprint density at radius 2 is 1.73 bits per heavy atom. The van der Waals surface area contributed by atoms with E-state index in [0.717, 1.165) is 0 Å². The quantitative estimate of drug-likeness (QED) is 0.468. The summed E-state index contributed by atoms with van der Waals surface area (Å²) < 4.78 is 30.4. The number of H-pyrrole nitrogens is 1. The molecule has 0 aromatic carbocycles. The first-order valence-electron chi connectivity index (χ1n) is 14.5. The Balaban J connectivity index is 1.66. The first-order valence-corrected chi connectivity index (χ1v) is 18.4. The summed E-state index contributed by atoms with van der Waals surface area (Å²) in [7, 11) is -3.88. The van der Waals surface area contributed by atoms with Crippen LogP contribution in [0.1, 0.15) is 68.5 Å². The number of aromatic amines is 1. The number of rotatable bonds is 6. The van der Waals surface area contributed by atoms with Crippen molar-refractivity contribution >= 4 is 40.1 Å². The number of hydrogen-bond acceptors (Lipinski definition) is 10. The number of carbonyl (C=O) groups excluding carboxylic acids is 1. The topological polar surface area (TPSA) is 142 Å². The van der Waals surface area contributed by atoms with Gasteiger partial charge in [0.2, 0.25) is 11.9 Å². The zero-order chi connectivity index (χ0) is 30.1. The maximum absolute atomic E-state index is 12.8. The molecule has 13 nitrogen and oxygen atoms in total. The van der Waals surface area contributed by atoms with E-state index in [4.69, 9.17) is 22.5 Å². The Labute approximate surface area is 242 Å². The number of nitrogens with zero attached hydrogens (tertiary/aromatic N) is 4. The van der Waals surface area contributed by atoms with E-state index in [2.05, 4.69) is 75.7 Å². The van der Waals surface area contributed by atoms with Crippen LogP contribution in [0.4, 0.5) is 5.95 Å². The molecule has 0 saturated carbocycles. The lowest BCUT2D eigenvalue weighted by Crippen LogP contribution is -2.71. The van der Waals surface area contributed by atoms with Crippen LogP contribution in [0.3, 0.4) is 0 Å². The molecule has 2 aromatic heterocycles. The van der Waals surface area contributed by atoms with Gasteiger partial charge in [0, 0.05) is 14.0 Å². The third-order valence-electron chi connectivity index (χ3n) is 8.64. The predicted octanol–water partition coefficient (Wildman–Crippen LogP) is 3.55. The highest BCUT2D eigenvalue weighted by Gasteiger charge is 2.68. The largest absolute Gasteiger partial charge is 0.414 e. The summed E-state index contributed by atoms with van der Waals surface area (Å²) in [6, 6.07) is 0. The Kier molecular flexibility index (Phi) is 7.90. The average Bonchev–Trinajstić information content (AvgIpc) is 3.33. The third kappa shape index (κ3) is 4.83. The minimum Gasteiger partial charge on any atom is -0.414 e. The summed E-state index contributed by atoms with van der Waals surface area (Å²) in [6.45, 7) is 19.5. The lowest BCUT2D eigenvalue weighted by molar-refractivity contribution is -0.257. The number of likely N-dealkylation sites (N-methyl/N-ethyl adjacent to an activating group) is 1. The van der Waals surface area contributed by atoms with E-state index in [1.807, 2.05) is 7.05 Å². The van der Waals surface area contributed by atoms with Crippen molar-refractivity contribution in [1.29, 1.82) is 0 Å². The zero-order valence-electron chi connectivity index (χ0n) is 25.7. The molecule has 5 heterocycles. The minimum absolute atomic E-state index is 0.0311. The molecule has 3 saturated heterocycles. The molecule has 2 N–H and O–H groups in total. The van der Waals surface area contributed by atoms with Gasteiger partial charge in [-0.05, 0) is 22.2 Å². The summed E-state index contributed by atoms with van der Waals surface area (Å²) in [4.78, 5) is 42.3. The molecule has 0 radical (unpaired) electrons. The van der Waals surface area contributed by atoms with Gasteiger partial charge in [-0.3, -0.25) is 29.3 Å². The number of amides is 1. The van der Waals surface area contributed by atoms with E-state index in [1.165, 1.54) is 13.3 Å². The molecular weight excluding hydrogens is 564 g/mol. The van der Waals surface area contributed by atoms with Crippen LogP contribution >= 0.6 is 0 Å². The fourth-order valence-electron chi connectivity index (χ4n) is 6.72. The van der Waals surface area contributed by atoms with Crippen LogP contribution in [0, 0.1) is 0 Å². The van der Waals surface area contributed by atoms with Gasteiger partial charge < -0.3 is 17.7 Å². The lowest BCUT2D eigenvalue weighted by atomic mass is 9.94. The van der Waals surface area contributed by atoms with Crippen LogP contribution in [0.15, 0.2) is 11.1 Å². The van der Waals surface area contributed by atoms with Gasteiger partial charge in [-0.25, -0.2) is 4.98 Å².